The number of H-pyrrole nitrogens is 1. The Balaban J connectivity index is 2.12. The molecule has 0 atom stereocenters. The molecule has 114 valence electrons. The number of carbonyl (C=O) groups is 2. The van der Waals surface area contributed by atoms with Gasteiger partial charge in [-0.05, 0) is 18.2 Å². The van der Waals surface area contributed by atoms with Crippen LogP contribution in [0.2, 0.25) is 0 Å². The number of nitrogens with zero attached hydrogens (tertiary/aromatic N) is 1. The molecule has 1 amide bonds. The Labute approximate surface area is 122 Å². The maximum atomic E-state index is 11.8. The molecule has 1 heterocycles. The largest absolute Gasteiger partial charge is 0.872 e. The predicted molar refractivity (Wildman–Crippen MR) is 72.8 cm³/mol. The summed E-state index contributed by atoms with van der Waals surface area (Å²) in [7, 11) is 0. The van der Waals surface area contributed by atoms with Crippen LogP contribution >= 0.6 is 0 Å². The first-order chi connectivity index (χ1) is 10.4. The zero-order chi connectivity index (χ0) is 16.3. The smallest absolute Gasteiger partial charge is 0.335 e. The highest BCUT2D eigenvalue weighted by Crippen LogP contribution is 2.19. The number of carboxylic acids is 1. The molecule has 2 rings (SSSR count). The van der Waals surface area contributed by atoms with Gasteiger partial charge in [-0.3, -0.25) is 19.1 Å². The molecular formula is C13H10N3O6-. The third-order valence-electron chi connectivity index (χ3n) is 2.71. The minimum absolute atomic E-state index is 0.109. The minimum Gasteiger partial charge on any atom is -0.872 e. The number of amides is 1. The van der Waals surface area contributed by atoms with E-state index in [0.29, 0.717) is 0 Å². The Morgan fingerprint density at radius 3 is 2.59 bits per heavy atom. The molecule has 0 aliphatic carbocycles. The third-order valence-corrected chi connectivity index (χ3v) is 2.71. The van der Waals surface area contributed by atoms with E-state index in [1.165, 1.54) is 6.07 Å². The van der Waals surface area contributed by atoms with Crippen molar-refractivity contribution in [3.8, 4) is 5.75 Å². The number of rotatable bonds is 4. The first kappa shape index (κ1) is 15.0. The summed E-state index contributed by atoms with van der Waals surface area (Å²) in [6.07, 6.45) is 1.16. The highest BCUT2D eigenvalue weighted by molar-refractivity contribution is 5.94. The number of hydrogen-bond acceptors (Lipinski definition) is 5. The summed E-state index contributed by atoms with van der Waals surface area (Å²) in [6.45, 7) is -0.371. The van der Waals surface area contributed by atoms with Crippen LogP contribution in [0, 0.1) is 0 Å². The van der Waals surface area contributed by atoms with E-state index in [1.54, 1.807) is 0 Å². The van der Waals surface area contributed by atoms with Gasteiger partial charge in [0.25, 0.3) is 5.56 Å². The Hall–Kier alpha value is -3.36. The normalized spacial score (nSPS) is 10.2. The van der Waals surface area contributed by atoms with Crippen molar-refractivity contribution in [3.05, 3.63) is 56.9 Å². The molecule has 22 heavy (non-hydrogen) atoms. The van der Waals surface area contributed by atoms with Crippen LogP contribution in [-0.2, 0) is 11.3 Å². The lowest BCUT2D eigenvalue weighted by Crippen LogP contribution is -2.32. The van der Waals surface area contributed by atoms with Gasteiger partial charge in [-0.1, -0.05) is 5.75 Å². The summed E-state index contributed by atoms with van der Waals surface area (Å²) in [4.78, 5) is 46.8. The van der Waals surface area contributed by atoms with E-state index in [2.05, 4.69) is 5.32 Å². The molecule has 0 aliphatic rings. The van der Waals surface area contributed by atoms with Gasteiger partial charge < -0.3 is 15.5 Å². The fourth-order valence-corrected chi connectivity index (χ4v) is 1.70. The van der Waals surface area contributed by atoms with Crippen LogP contribution < -0.4 is 21.7 Å². The van der Waals surface area contributed by atoms with E-state index >= 15 is 0 Å². The number of nitrogens with one attached hydrogen (secondary N) is 2. The Kier molecular flexibility index (Phi) is 4.07. The predicted octanol–water partition coefficient (Wildman–Crippen LogP) is -1.05. The lowest BCUT2D eigenvalue weighted by Gasteiger charge is -2.13. The molecule has 0 unspecified atom stereocenters. The Bertz CT molecular complexity index is 851. The van der Waals surface area contributed by atoms with Crippen molar-refractivity contribution in [3.63, 3.8) is 0 Å². The topological polar surface area (TPSA) is 144 Å². The lowest BCUT2D eigenvalue weighted by molar-refractivity contribution is -0.268. The standard InChI is InChI=1S/C13H11N3O6/c17-9-5-7(1-2-8(9)12(20)21)14-11(19)6-16-4-3-10(18)15-13(16)22/h1-5,17H,6H2,(H,14,19)(H,20,21)(H,15,18,22)/p-1. The van der Waals surface area contributed by atoms with Crippen LogP contribution in [0.4, 0.5) is 5.69 Å². The number of carboxylic acid groups (broad SMARTS) is 1. The SMILES string of the molecule is O=C(Cn1ccc(=O)[nH]c1=O)Nc1ccc(C(=O)O)c([O-])c1. The molecule has 3 N–H and O–H groups in total. The van der Waals surface area contributed by atoms with Crippen molar-refractivity contribution in [1.29, 1.82) is 0 Å². The number of aromatic carboxylic acids is 1. The molecule has 1 aromatic heterocycles. The van der Waals surface area contributed by atoms with Gasteiger partial charge in [-0.2, -0.15) is 0 Å². The number of carbonyl (C=O) groups excluding carboxylic acids is 1. The van der Waals surface area contributed by atoms with Gasteiger partial charge in [0, 0.05) is 18.0 Å². The molecular weight excluding hydrogens is 294 g/mol. The van der Waals surface area contributed by atoms with E-state index in [9.17, 15) is 24.3 Å². The average molecular weight is 304 g/mol. The maximum Gasteiger partial charge on any atom is 0.335 e. The van der Waals surface area contributed by atoms with E-state index in [-0.39, 0.29) is 12.2 Å². The molecule has 1 aromatic carbocycles. The van der Waals surface area contributed by atoms with E-state index < -0.39 is 34.4 Å². The molecule has 0 radical (unpaired) electrons. The van der Waals surface area contributed by atoms with E-state index in [1.807, 2.05) is 4.98 Å². The van der Waals surface area contributed by atoms with Gasteiger partial charge in [-0.15, -0.1) is 0 Å². The van der Waals surface area contributed by atoms with Crippen LogP contribution in [-0.4, -0.2) is 26.5 Å². The molecule has 9 heteroatoms. The van der Waals surface area contributed by atoms with E-state index in [4.69, 9.17) is 5.11 Å². The van der Waals surface area contributed by atoms with Crippen molar-refractivity contribution >= 4 is 17.6 Å². The fourth-order valence-electron chi connectivity index (χ4n) is 1.70. The molecule has 0 aliphatic heterocycles. The lowest BCUT2D eigenvalue weighted by atomic mass is 10.2. The van der Waals surface area contributed by atoms with Gasteiger partial charge >= 0.3 is 11.7 Å². The third kappa shape index (κ3) is 3.39. The molecule has 0 bridgehead atoms. The van der Waals surface area contributed by atoms with Gasteiger partial charge in [-0.25, -0.2) is 9.59 Å². The second kappa shape index (κ2) is 5.95. The summed E-state index contributed by atoms with van der Waals surface area (Å²) < 4.78 is 0.973. The summed E-state index contributed by atoms with van der Waals surface area (Å²) >= 11 is 0. The monoisotopic (exact) mass is 304 g/mol. The van der Waals surface area contributed by atoms with Crippen LogP contribution in [0.25, 0.3) is 0 Å². The van der Waals surface area contributed by atoms with Gasteiger partial charge in [0.2, 0.25) is 5.91 Å². The number of aromatic nitrogens is 2. The first-order valence-corrected chi connectivity index (χ1v) is 6.01. The quantitative estimate of drug-likeness (QED) is 0.657. The first-order valence-electron chi connectivity index (χ1n) is 6.01. The van der Waals surface area contributed by atoms with Gasteiger partial charge in [0.15, 0.2) is 0 Å². The van der Waals surface area contributed by atoms with Crippen molar-refractivity contribution in [2.24, 2.45) is 0 Å². The summed E-state index contributed by atoms with van der Waals surface area (Å²) in [5.41, 5.74) is -1.62. The van der Waals surface area contributed by atoms with Gasteiger partial charge in [0.1, 0.15) is 6.54 Å². The van der Waals surface area contributed by atoms with Crippen molar-refractivity contribution < 1.29 is 19.8 Å². The van der Waals surface area contributed by atoms with Crippen LogP contribution in [0.3, 0.4) is 0 Å². The van der Waals surface area contributed by atoms with Crippen molar-refractivity contribution in [2.45, 2.75) is 6.54 Å². The van der Waals surface area contributed by atoms with Crippen LogP contribution in [0.5, 0.6) is 5.75 Å². The zero-order valence-corrected chi connectivity index (χ0v) is 11.0. The summed E-state index contributed by atoms with van der Waals surface area (Å²) in [5.74, 6) is -2.72. The number of anilines is 1. The summed E-state index contributed by atoms with van der Waals surface area (Å²) in [6, 6.07) is 4.40. The van der Waals surface area contributed by atoms with Crippen LogP contribution in [0.15, 0.2) is 40.1 Å². The van der Waals surface area contributed by atoms with Crippen molar-refractivity contribution in [1.82, 2.24) is 9.55 Å². The maximum absolute atomic E-state index is 11.8. The average Bonchev–Trinajstić information content (AvgIpc) is 2.41. The minimum atomic E-state index is -1.36. The van der Waals surface area contributed by atoms with E-state index in [0.717, 1.165) is 29.0 Å². The zero-order valence-electron chi connectivity index (χ0n) is 11.0. The second-order valence-electron chi connectivity index (χ2n) is 4.30. The van der Waals surface area contributed by atoms with Gasteiger partial charge in [0.05, 0.1) is 5.56 Å². The highest BCUT2D eigenvalue weighted by Gasteiger charge is 2.08. The second-order valence-corrected chi connectivity index (χ2v) is 4.30. The Morgan fingerprint density at radius 2 is 2.00 bits per heavy atom. The Morgan fingerprint density at radius 1 is 1.27 bits per heavy atom. The van der Waals surface area contributed by atoms with Crippen LogP contribution in [0.1, 0.15) is 10.4 Å². The fraction of sp³-hybridized carbons (Fsp3) is 0.0769. The summed E-state index contributed by atoms with van der Waals surface area (Å²) in [5, 5.41) is 22.6. The molecule has 0 spiro atoms. The highest BCUT2D eigenvalue weighted by atomic mass is 16.4. The number of aromatic amines is 1. The molecule has 2 aromatic rings. The molecule has 9 nitrogen and oxygen atoms in total. The molecule has 0 saturated heterocycles. The number of hydrogen-bond donors (Lipinski definition) is 3. The molecule has 0 saturated carbocycles. The molecule has 0 fully saturated rings. The van der Waals surface area contributed by atoms with Crippen molar-refractivity contribution in [2.75, 3.05) is 5.32 Å². The number of benzene rings is 1.